The second kappa shape index (κ2) is 6.09. The summed E-state index contributed by atoms with van der Waals surface area (Å²) >= 11 is 0. The number of nitrogens with two attached hydrogens (primary N) is 2. The zero-order chi connectivity index (χ0) is 8.69. The minimum Gasteiger partial charge on any atom is -0.385 e. The van der Waals surface area contributed by atoms with Gasteiger partial charge in [-0.3, -0.25) is 10.2 Å². The second-order valence-electron chi connectivity index (χ2n) is 2.25. The van der Waals surface area contributed by atoms with Gasteiger partial charge in [-0.25, -0.2) is 5.84 Å². The lowest BCUT2D eigenvalue weighted by Gasteiger charge is -2.08. The average molecular weight is 161 g/mol. The van der Waals surface area contributed by atoms with Crippen LogP contribution in [0, 0.1) is 0 Å². The van der Waals surface area contributed by atoms with Crippen molar-refractivity contribution in [1.29, 1.82) is 0 Å². The summed E-state index contributed by atoms with van der Waals surface area (Å²) in [5.74, 6) is 4.53. The maximum Gasteiger partial charge on any atom is 0.250 e. The molecule has 66 valence electrons. The molecule has 0 saturated carbocycles. The molecule has 0 radical (unpaired) electrons. The van der Waals surface area contributed by atoms with Gasteiger partial charge in [-0.1, -0.05) is 0 Å². The van der Waals surface area contributed by atoms with Crippen molar-refractivity contribution in [2.75, 3.05) is 13.7 Å². The lowest BCUT2D eigenvalue weighted by atomic mass is 10.2. The molecule has 0 fully saturated rings. The molecule has 5 N–H and O–H groups in total. The molecule has 0 saturated heterocycles. The van der Waals surface area contributed by atoms with Crippen molar-refractivity contribution >= 4 is 5.91 Å². The first-order valence-electron chi connectivity index (χ1n) is 3.47. The van der Waals surface area contributed by atoms with Gasteiger partial charge in [0, 0.05) is 13.7 Å². The normalized spacial score (nSPS) is 12.6. The number of hydrazine groups is 1. The Morgan fingerprint density at radius 3 is 2.82 bits per heavy atom. The van der Waals surface area contributed by atoms with E-state index in [-0.39, 0.29) is 5.91 Å². The van der Waals surface area contributed by atoms with Crippen LogP contribution in [0.25, 0.3) is 0 Å². The number of carbonyl (C=O) groups excluding carboxylic acids is 1. The second-order valence-corrected chi connectivity index (χ2v) is 2.25. The summed E-state index contributed by atoms with van der Waals surface area (Å²) in [6, 6.07) is -0.518. The Morgan fingerprint density at radius 2 is 2.36 bits per heavy atom. The van der Waals surface area contributed by atoms with E-state index in [1.165, 1.54) is 0 Å². The number of carbonyl (C=O) groups is 1. The van der Waals surface area contributed by atoms with Gasteiger partial charge >= 0.3 is 0 Å². The zero-order valence-electron chi connectivity index (χ0n) is 6.67. The van der Waals surface area contributed by atoms with Crippen molar-refractivity contribution < 1.29 is 9.53 Å². The van der Waals surface area contributed by atoms with E-state index in [4.69, 9.17) is 16.3 Å². The Hall–Kier alpha value is -0.650. The van der Waals surface area contributed by atoms with Crippen LogP contribution in [0.4, 0.5) is 0 Å². The summed E-state index contributed by atoms with van der Waals surface area (Å²) in [5, 5.41) is 0. The van der Waals surface area contributed by atoms with Gasteiger partial charge in [-0.15, -0.1) is 0 Å². The molecule has 0 rings (SSSR count). The molecule has 0 aliphatic rings. The topological polar surface area (TPSA) is 90.4 Å². The fourth-order valence-electron chi connectivity index (χ4n) is 0.686. The number of ether oxygens (including phenoxy) is 1. The Bertz CT molecular complexity index is 118. The van der Waals surface area contributed by atoms with Crippen LogP contribution < -0.4 is 17.0 Å². The van der Waals surface area contributed by atoms with Crippen molar-refractivity contribution in [3.8, 4) is 0 Å². The Kier molecular flexibility index (Phi) is 5.73. The molecule has 1 unspecified atom stereocenters. The van der Waals surface area contributed by atoms with Crippen molar-refractivity contribution in [3.63, 3.8) is 0 Å². The van der Waals surface area contributed by atoms with E-state index in [0.717, 1.165) is 6.42 Å². The minimum absolute atomic E-state index is 0.332. The Morgan fingerprint density at radius 1 is 1.73 bits per heavy atom. The van der Waals surface area contributed by atoms with Gasteiger partial charge in [0.15, 0.2) is 0 Å². The lowest BCUT2D eigenvalue weighted by molar-refractivity contribution is -0.122. The predicted octanol–water partition coefficient (Wildman–Crippen LogP) is -1.27. The van der Waals surface area contributed by atoms with Crippen molar-refractivity contribution in [1.82, 2.24) is 5.43 Å². The van der Waals surface area contributed by atoms with E-state index >= 15 is 0 Å². The van der Waals surface area contributed by atoms with Gasteiger partial charge < -0.3 is 10.5 Å². The van der Waals surface area contributed by atoms with Crippen LogP contribution in [0.15, 0.2) is 0 Å². The number of hydrogen-bond acceptors (Lipinski definition) is 4. The molecule has 1 amide bonds. The first kappa shape index (κ1) is 10.3. The van der Waals surface area contributed by atoms with E-state index in [1.807, 2.05) is 5.43 Å². The highest BCUT2D eigenvalue weighted by Crippen LogP contribution is 1.93. The molecular formula is C6H15N3O2. The number of hydrogen-bond donors (Lipinski definition) is 3. The maximum atomic E-state index is 10.7. The van der Waals surface area contributed by atoms with Gasteiger partial charge in [0.2, 0.25) is 0 Å². The average Bonchev–Trinajstić information content (AvgIpc) is 2.03. The molecule has 0 spiro atoms. The fraction of sp³-hybridized carbons (Fsp3) is 0.833. The van der Waals surface area contributed by atoms with E-state index in [0.29, 0.717) is 13.0 Å². The first-order chi connectivity index (χ1) is 5.22. The van der Waals surface area contributed by atoms with E-state index < -0.39 is 6.04 Å². The van der Waals surface area contributed by atoms with Gasteiger partial charge in [-0.05, 0) is 12.8 Å². The van der Waals surface area contributed by atoms with Crippen LogP contribution in [-0.2, 0) is 9.53 Å². The van der Waals surface area contributed by atoms with Crippen LogP contribution in [0.2, 0.25) is 0 Å². The van der Waals surface area contributed by atoms with E-state index in [9.17, 15) is 4.79 Å². The fourth-order valence-corrected chi connectivity index (χ4v) is 0.686. The predicted molar refractivity (Wildman–Crippen MR) is 41.4 cm³/mol. The number of amides is 1. The van der Waals surface area contributed by atoms with Crippen LogP contribution >= 0.6 is 0 Å². The zero-order valence-corrected chi connectivity index (χ0v) is 6.67. The van der Waals surface area contributed by atoms with Crippen LogP contribution in [0.1, 0.15) is 12.8 Å². The van der Waals surface area contributed by atoms with Gasteiger partial charge in [-0.2, -0.15) is 0 Å². The third kappa shape index (κ3) is 4.72. The van der Waals surface area contributed by atoms with E-state index in [1.54, 1.807) is 7.11 Å². The standard InChI is InChI=1S/C6H15N3O2/c1-11-4-2-3-5(7)6(10)9-8/h5H,2-4,7-8H2,1H3,(H,9,10). The Balaban J connectivity index is 3.36. The van der Waals surface area contributed by atoms with Crippen molar-refractivity contribution in [2.24, 2.45) is 11.6 Å². The molecule has 0 aromatic rings. The largest absolute Gasteiger partial charge is 0.385 e. The molecule has 1 atom stereocenters. The summed E-state index contributed by atoms with van der Waals surface area (Å²) in [6.45, 7) is 0.617. The van der Waals surface area contributed by atoms with Gasteiger partial charge in [0.25, 0.3) is 5.91 Å². The molecule has 5 heteroatoms. The summed E-state index contributed by atoms with van der Waals surface area (Å²) in [6.07, 6.45) is 1.36. The third-order valence-corrected chi connectivity index (χ3v) is 1.34. The van der Waals surface area contributed by atoms with Crippen molar-refractivity contribution in [2.45, 2.75) is 18.9 Å². The van der Waals surface area contributed by atoms with E-state index in [2.05, 4.69) is 0 Å². The first-order valence-corrected chi connectivity index (χ1v) is 3.47. The number of rotatable bonds is 5. The van der Waals surface area contributed by atoms with Crippen LogP contribution in [0.3, 0.4) is 0 Å². The highest BCUT2D eigenvalue weighted by Gasteiger charge is 2.10. The number of methoxy groups -OCH3 is 1. The monoisotopic (exact) mass is 161 g/mol. The third-order valence-electron chi connectivity index (χ3n) is 1.34. The Labute approximate surface area is 66.0 Å². The summed E-state index contributed by atoms with van der Waals surface area (Å²) < 4.78 is 4.79. The quantitative estimate of drug-likeness (QED) is 0.203. The SMILES string of the molecule is COCCCC(N)C(=O)NN. The molecular weight excluding hydrogens is 146 g/mol. The number of nitrogens with one attached hydrogen (secondary N) is 1. The molecule has 0 heterocycles. The highest BCUT2D eigenvalue weighted by atomic mass is 16.5. The summed E-state index contributed by atoms with van der Waals surface area (Å²) in [5.41, 5.74) is 7.41. The van der Waals surface area contributed by atoms with Crippen molar-refractivity contribution in [3.05, 3.63) is 0 Å². The highest BCUT2D eigenvalue weighted by molar-refractivity contribution is 5.80. The molecule has 0 aromatic heterocycles. The van der Waals surface area contributed by atoms with Crippen LogP contribution in [0.5, 0.6) is 0 Å². The minimum atomic E-state index is -0.518. The molecule has 11 heavy (non-hydrogen) atoms. The molecule has 0 aromatic carbocycles. The molecule has 0 aliphatic heterocycles. The maximum absolute atomic E-state index is 10.7. The van der Waals surface area contributed by atoms with Crippen LogP contribution in [-0.4, -0.2) is 25.7 Å². The molecule has 0 bridgehead atoms. The van der Waals surface area contributed by atoms with Gasteiger partial charge in [0.05, 0.1) is 6.04 Å². The summed E-state index contributed by atoms with van der Waals surface area (Å²) in [4.78, 5) is 10.7. The molecule has 0 aliphatic carbocycles. The lowest BCUT2D eigenvalue weighted by Crippen LogP contribution is -2.43. The summed E-state index contributed by atoms with van der Waals surface area (Å²) in [7, 11) is 1.61. The van der Waals surface area contributed by atoms with Gasteiger partial charge in [0.1, 0.15) is 0 Å². The molecule has 5 nitrogen and oxygen atoms in total. The smallest absolute Gasteiger partial charge is 0.250 e.